The highest BCUT2D eigenvalue weighted by atomic mass is 32.2. The van der Waals surface area contributed by atoms with Crippen LogP contribution in [0, 0.1) is 11.8 Å². The molecule has 0 aromatic heterocycles. The predicted octanol–water partition coefficient (Wildman–Crippen LogP) is 0.430. The van der Waals surface area contributed by atoms with Crippen molar-refractivity contribution in [2.45, 2.75) is 26.7 Å². The lowest BCUT2D eigenvalue weighted by Gasteiger charge is -2.33. The number of nitrogens with one attached hydrogen (secondary N) is 1. The molecule has 5 nitrogen and oxygen atoms in total. The lowest BCUT2D eigenvalue weighted by molar-refractivity contribution is -0.136. The maximum absolute atomic E-state index is 11.8. The molecule has 1 aliphatic rings. The van der Waals surface area contributed by atoms with Crippen LogP contribution < -0.4 is 4.72 Å². The molecule has 1 fully saturated rings. The Balaban J connectivity index is 2.47. The van der Waals surface area contributed by atoms with Crippen LogP contribution in [0.4, 0.5) is 0 Å². The normalized spacial score (nSPS) is 21.9. The van der Waals surface area contributed by atoms with Gasteiger partial charge < -0.3 is 4.90 Å². The fourth-order valence-corrected chi connectivity index (χ4v) is 2.60. The molecule has 0 saturated carbocycles. The summed E-state index contributed by atoms with van der Waals surface area (Å²) in [5.41, 5.74) is 0. The number of piperidine rings is 1. The van der Waals surface area contributed by atoms with Gasteiger partial charge in [0, 0.05) is 25.6 Å². The zero-order chi connectivity index (χ0) is 13.1. The monoisotopic (exact) mass is 262 g/mol. The molecule has 1 saturated heterocycles. The number of nitrogens with zero attached hydrogens (tertiary/aromatic N) is 1. The molecule has 0 aliphatic carbocycles. The SMILES string of the molecule is CC(C)C(=O)N1CCCC(CNS(C)(=O)=O)C1. The summed E-state index contributed by atoms with van der Waals surface area (Å²) in [7, 11) is -3.13. The molecule has 0 bridgehead atoms. The quantitative estimate of drug-likeness (QED) is 0.799. The fourth-order valence-electron chi connectivity index (χ4n) is 2.07. The van der Waals surface area contributed by atoms with E-state index < -0.39 is 10.0 Å². The van der Waals surface area contributed by atoms with Crippen molar-refractivity contribution >= 4 is 15.9 Å². The Bertz CT molecular complexity index is 365. The predicted molar refractivity (Wildman–Crippen MR) is 67.0 cm³/mol. The van der Waals surface area contributed by atoms with E-state index in [0.29, 0.717) is 13.1 Å². The van der Waals surface area contributed by atoms with Crippen molar-refractivity contribution in [1.82, 2.24) is 9.62 Å². The topological polar surface area (TPSA) is 66.5 Å². The van der Waals surface area contributed by atoms with E-state index in [1.165, 1.54) is 0 Å². The van der Waals surface area contributed by atoms with Gasteiger partial charge in [0.05, 0.1) is 6.26 Å². The number of rotatable bonds is 4. The minimum absolute atomic E-state index is 0.0108. The van der Waals surface area contributed by atoms with Crippen LogP contribution in [0.15, 0.2) is 0 Å². The van der Waals surface area contributed by atoms with E-state index in [1.807, 2.05) is 18.7 Å². The molecule has 1 unspecified atom stereocenters. The summed E-state index contributed by atoms with van der Waals surface area (Å²) in [4.78, 5) is 13.7. The van der Waals surface area contributed by atoms with Crippen molar-refractivity contribution in [2.24, 2.45) is 11.8 Å². The van der Waals surface area contributed by atoms with Crippen molar-refractivity contribution in [2.75, 3.05) is 25.9 Å². The third-order valence-corrected chi connectivity index (χ3v) is 3.65. The van der Waals surface area contributed by atoms with Gasteiger partial charge in [-0.15, -0.1) is 0 Å². The molecule has 1 aliphatic heterocycles. The highest BCUT2D eigenvalue weighted by Crippen LogP contribution is 2.17. The first-order valence-corrected chi connectivity index (χ1v) is 7.92. The van der Waals surface area contributed by atoms with Crippen molar-refractivity contribution in [3.8, 4) is 0 Å². The number of hydrogen-bond donors (Lipinski definition) is 1. The highest BCUT2D eigenvalue weighted by Gasteiger charge is 2.25. The van der Waals surface area contributed by atoms with Gasteiger partial charge in [0.1, 0.15) is 0 Å². The molecule has 1 rings (SSSR count). The summed E-state index contributed by atoms with van der Waals surface area (Å²) >= 11 is 0. The van der Waals surface area contributed by atoms with Crippen LogP contribution in [0.1, 0.15) is 26.7 Å². The molecular weight excluding hydrogens is 240 g/mol. The zero-order valence-corrected chi connectivity index (χ0v) is 11.6. The maximum atomic E-state index is 11.8. The molecule has 0 spiro atoms. The summed E-state index contributed by atoms with van der Waals surface area (Å²) in [6, 6.07) is 0. The largest absolute Gasteiger partial charge is 0.342 e. The summed E-state index contributed by atoms with van der Waals surface area (Å²) in [6.07, 6.45) is 3.09. The van der Waals surface area contributed by atoms with E-state index in [-0.39, 0.29) is 17.7 Å². The van der Waals surface area contributed by atoms with Gasteiger partial charge in [0.15, 0.2) is 0 Å². The van der Waals surface area contributed by atoms with E-state index in [9.17, 15) is 13.2 Å². The number of carbonyl (C=O) groups is 1. The van der Waals surface area contributed by atoms with Crippen molar-refractivity contribution in [3.63, 3.8) is 0 Å². The molecule has 0 radical (unpaired) electrons. The highest BCUT2D eigenvalue weighted by molar-refractivity contribution is 7.88. The van der Waals surface area contributed by atoms with Crippen LogP contribution in [0.25, 0.3) is 0 Å². The molecule has 1 amide bonds. The summed E-state index contributed by atoms with van der Waals surface area (Å²) in [6.45, 7) is 5.67. The first kappa shape index (κ1) is 14.4. The standard InChI is InChI=1S/C11H22N2O3S/c1-9(2)11(14)13-6-4-5-10(8-13)7-12-17(3,15)16/h9-10,12H,4-8H2,1-3H3. The van der Waals surface area contributed by atoms with Gasteiger partial charge in [-0.25, -0.2) is 13.1 Å². The van der Waals surface area contributed by atoms with Crippen LogP contribution >= 0.6 is 0 Å². The average molecular weight is 262 g/mol. The Morgan fingerprint density at radius 2 is 2.12 bits per heavy atom. The third-order valence-electron chi connectivity index (χ3n) is 2.96. The lowest BCUT2D eigenvalue weighted by atomic mass is 9.97. The number of carbonyl (C=O) groups excluding carboxylic acids is 1. The summed E-state index contributed by atoms with van der Waals surface area (Å²) < 4.78 is 24.5. The molecule has 0 aromatic carbocycles. The number of hydrogen-bond acceptors (Lipinski definition) is 3. The van der Waals surface area contributed by atoms with Crippen molar-refractivity contribution < 1.29 is 13.2 Å². The van der Waals surface area contributed by atoms with Crippen LogP contribution in [-0.2, 0) is 14.8 Å². The first-order valence-electron chi connectivity index (χ1n) is 6.03. The van der Waals surface area contributed by atoms with Crippen LogP contribution in [-0.4, -0.2) is 45.1 Å². The molecule has 100 valence electrons. The Kier molecular flexibility index (Phi) is 4.94. The molecule has 6 heteroatoms. The Morgan fingerprint density at radius 3 is 2.65 bits per heavy atom. The van der Waals surface area contributed by atoms with Crippen LogP contribution in [0.2, 0.25) is 0 Å². The van der Waals surface area contributed by atoms with Gasteiger partial charge >= 0.3 is 0 Å². The van der Waals surface area contributed by atoms with Gasteiger partial charge in [-0.1, -0.05) is 13.8 Å². The average Bonchev–Trinajstić information content (AvgIpc) is 2.24. The molecule has 1 N–H and O–H groups in total. The molecule has 17 heavy (non-hydrogen) atoms. The molecule has 1 heterocycles. The lowest BCUT2D eigenvalue weighted by Crippen LogP contribution is -2.45. The van der Waals surface area contributed by atoms with E-state index in [1.54, 1.807) is 0 Å². The number of sulfonamides is 1. The minimum Gasteiger partial charge on any atom is -0.342 e. The van der Waals surface area contributed by atoms with Gasteiger partial charge in [-0.2, -0.15) is 0 Å². The maximum Gasteiger partial charge on any atom is 0.225 e. The Hall–Kier alpha value is -0.620. The summed E-state index contributed by atoms with van der Waals surface area (Å²) in [5, 5.41) is 0. The van der Waals surface area contributed by atoms with E-state index in [0.717, 1.165) is 25.6 Å². The number of likely N-dealkylation sites (tertiary alicyclic amines) is 1. The molecule has 0 aromatic rings. The van der Waals surface area contributed by atoms with Crippen LogP contribution in [0.5, 0.6) is 0 Å². The fraction of sp³-hybridized carbons (Fsp3) is 0.909. The Labute approximate surface area is 104 Å². The second-order valence-corrected chi connectivity index (χ2v) is 6.90. The first-order chi connectivity index (χ1) is 7.79. The van der Waals surface area contributed by atoms with Gasteiger partial charge in [-0.3, -0.25) is 4.79 Å². The van der Waals surface area contributed by atoms with E-state index in [2.05, 4.69) is 4.72 Å². The van der Waals surface area contributed by atoms with E-state index >= 15 is 0 Å². The van der Waals surface area contributed by atoms with E-state index in [4.69, 9.17) is 0 Å². The third kappa shape index (κ3) is 5.04. The summed E-state index contributed by atoms with van der Waals surface area (Å²) in [5.74, 6) is 0.409. The zero-order valence-electron chi connectivity index (χ0n) is 10.8. The second kappa shape index (κ2) is 5.82. The van der Waals surface area contributed by atoms with Crippen molar-refractivity contribution in [3.05, 3.63) is 0 Å². The number of amides is 1. The van der Waals surface area contributed by atoms with Gasteiger partial charge in [0.2, 0.25) is 15.9 Å². The van der Waals surface area contributed by atoms with Gasteiger partial charge in [0.25, 0.3) is 0 Å². The smallest absolute Gasteiger partial charge is 0.225 e. The second-order valence-electron chi connectivity index (χ2n) is 5.07. The Morgan fingerprint density at radius 1 is 1.47 bits per heavy atom. The van der Waals surface area contributed by atoms with Gasteiger partial charge in [-0.05, 0) is 18.8 Å². The van der Waals surface area contributed by atoms with Crippen LogP contribution in [0.3, 0.4) is 0 Å². The van der Waals surface area contributed by atoms with Crippen molar-refractivity contribution in [1.29, 1.82) is 0 Å². The minimum atomic E-state index is -3.13. The molecular formula is C11H22N2O3S. The molecule has 1 atom stereocenters.